The number of nitrogens with zero attached hydrogens (tertiary/aromatic N) is 1. The van der Waals surface area contributed by atoms with Crippen LogP contribution in [0.4, 0.5) is 5.69 Å². The van der Waals surface area contributed by atoms with Crippen LogP contribution in [0.1, 0.15) is 77.1 Å². The zero-order valence-corrected chi connectivity index (χ0v) is 24.9. The minimum atomic E-state index is -0.935. The maximum atomic E-state index is 14.1. The number of esters is 1. The number of anilines is 1. The third kappa shape index (κ3) is 6.67. The molecule has 224 valence electrons. The minimum absolute atomic E-state index is 0.00465. The molecule has 2 bridgehead atoms. The molecule has 3 fully saturated rings. The number of carbonyl (C=O) groups is 5. The number of carbonyl (C=O) groups excluding carboxylic acids is 5. The zero-order valence-electron chi connectivity index (χ0n) is 24.1. The van der Waals surface area contributed by atoms with E-state index in [4.69, 9.17) is 21.1 Å². The van der Waals surface area contributed by atoms with Crippen LogP contribution in [-0.2, 0) is 28.7 Å². The number of benzene rings is 1. The van der Waals surface area contributed by atoms with Gasteiger partial charge in [-0.25, -0.2) is 0 Å². The minimum Gasteiger partial charge on any atom is -0.433 e. The first kappa shape index (κ1) is 30.8. The molecule has 0 radical (unpaired) electrons. The molecule has 1 aromatic rings. The summed E-state index contributed by atoms with van der Waals surface area (Å²) in [5.41, 5.74) is -0.0572. The molecule has 4 rings (SSSR count). The Labute approximate surface area is 245 Å². The van der Waals surface area contributed by atoms with Gasteiger partial charge in [0.2, 0.25) is 24.0 Å². The summed E-state index contributed by atoms with van der Waals surface area (Å²) in [6, 6.07) is 2.10. The average molecular weight is 591 g/mol. The standard InChI is InChI=1S/C29H39ClN4O7/c1-6-21(35)31-19-11-9-16(13-18(19)30)25(37)33-24(29(3,4)5)27(39)34-17-10-8-15(12-17)23(34)26(38)32-20-14-22(36)41-28(20)40-7-2/h9,11,13,15,17,20,23-24,28H,6-8,10,12,14H2,1-5H3,(H,31,35)(H,32,38)(H,33,37)/t15-,17?,20?,23?,24+,28+/m0/s1. The van der Waals surface area contributed by atoms with E-state index in [0.29, 0.717) is 18.7 Å². The van der Waals surface area contributed by atoms with Crippen molar-refractivity contribution in [1.82, 2.24) is 15.5 Å². The summed E-state index contributed by atoms with van der Waals surface area (Å²) in [6.07, 6.45) is 1.70. The Morgan fingerprint density at radius 3 is 2.54 bits per heavy atom. The van der Waals surface area contributed by atoms with E-state index in [1.165, 1.54) is 12.1 Å². The molecular weight excluding hydrogens is 552 g/mol. The molecule has 0 aromatic heterocycles. The lowest BCUT2D eigenvalue weighted by Crippen LogP contribution is -2.62. The molecule has 2 saturated heterocycles. The lowest BCUT2D eigenvalue weighted by molar-refractivity contribution is -0.165. The van der Waals surface area contributed by atoms with E-state index in [9.17, 15) is 24.0 Å². The Hall–Kier alpha value is -3.18. The molecular formula is C29H39ClN4O7. The molecule has 4 amide bonds. The fraction of sp³-hybridized carbons (Fsp3) is 0.621. The highest BCUT2D eigenvalue weighted by Crippen LogP contribution is 2.44. The molecule has 3 N–H and O–H groups in total. The highest BCUT2D eigenvalue weighted by atomic mass is 35.5. The van der Waals surface area contributed by atoms with Crippen molar-refractivity contribution in [3.05, 3.63) is 28.8 Å². The molecule has 6 atom stereocenters. The van der Waals surface area contributed by atoms with Crippen LogP contribution < -0.4 is 16.0 Å². The van der Waals surface area contributed by atoms with E-state index in [-0.39, 0.29) is 53.1 Å². The second-order valence-corrected chi connectivity index (χ2v) is 12.3. The van der Waals surface area contributed by atoms with Gasteiger partial charge in [0.25, 0.3) is 5.91 Å². The maximum Gasteiger partial charge on any atom is 0.310 e. The topological polar surface area (TPSA) is 143 Å². The first-order valence-electron chi connectivity index (χ1n) is 14.2. The Bertz CT molecular complexity index is 1220. The largest absolute Gasteiger partial charge is 0.433 e. The van der Waals surface area contributed by atoms with Crippen molar-refractivity contribution in [1.29, 1.82) is 0 Å². The molecule has 1 aliphatic carbocycles. The second-order valence-electron chi connectivity index (χ2n) is 11.9. The highest BCUT2D eigenvalue weighted by molar-refractivity contribution is 6.34. The molecule has 3 aliphatic rings. The average Bonchev–Trinajstić information content (AvgIpc) is 3.62. The van der Waals surface area contributed by atoms with E-state index in [2.05, 4.69) is 16.0 Å². The molecule has 11 nitrogen and oxygen atoms in total. The molecule has 1 aromatic carbocycles. The van der Waals surface area contributed by atoms with Crippen molar-refractivity contribution in [2.24, 2.45) is 11.3 Å². The Kier molecular flexibility index (Phi) is 9.28. The number of fused-ring (bicyclic) bond motifs is 2. The highest BCUT2D eigenvalue weighted by Gasteiger charge is 2.54. The van der Waals surface area contributed by atoms with E-state index < -0.39 is 41.7 Å². The van der Waals surface area contributed by atoms with Crippen LogP contribution in [0.3, 0.4) is 0 Å². The first-order chi connectivity index (χ1) is 19.3. The number of cyclic esters (lactones) is 1. The summed E-state index contributed by atoms with van der Waals surface area (Å²) in [4.78, 5) is 66.3. The van der Waals surface area contributed by atoms with Crippen LogP contribution in [0.15, 0.2) is 18.2 Å². The predicted octanol–water partition coefficient (Wildman–Crippen LogP) is 3.01. The quantitative estimate of drug-likeness (QED) is 0.375. The summed E-state index contributed by atoms with van der Waals surface area (Å²) in [5, 5.41) is 8.65. The molecule has 3 unspecified atom stereocenters. The number of likely N-dealkylation sites (tertiary alicyclic amines) is 1. The third-order valence-corrected chi connectivity index (χ3v) is 8.26. The summed E-state index contributed by atoms with van der Waals surface area (Å²) in [7, 11) is 0. The van der Waals surface area contributed by atoms with Gasteiger partial charge < -0.3 is 30.3 Å². The van der Waals surface area contributed by atoms with Gasteiger partial charge in [0.1, 0.15) is 18.1 Å². The van der Waals surface area contributed by atoms with E-state index >= 15 is 0 Å². The number of rotatable bonds is 9. The van der Waals surface area contributed by atoms with Crippen molar-refractivity contribution >= 4 is 46.9 Å². The van der Waals surface area contributed by atoms with Gasteiger partial charge in [-0.05, 0) is 55.7 Å². The normalized spacial score (nSPS) is 26.0. The number of hydrogen-bond donors (Lipinski definition) is 3. The van der Waals surface area contributed by atoms with Crippen LogP contribution in [0, 0.1) is 11.3 Å². The van der Waals surface area contributed by atoms with Gasteiger partial charge in [0, 0.05) is 24.6 Å². The van der Waals surface area contributed by atoms with Crippen molar-refractivity contribution in [3.63, 3.8) is 0 Å². The van der Waals surface area contributed by atoms with Crippen LogP contribution in [0.2, 0.25) is 5.02 Å². The number of amides is 4. The number of hydrogen-bond acceptors (Lipinski definition) is 7. The lowest BCUT2D eigenvalue weighted by Gasteiger charge is -2.40. The molecule has 1 saturated carbocycles. The second kappa shape index (κ2) is 12.4. The fourth-order valence-corrected chi connectivity index (χ4v) is 6.12. The predicted molar refractivity (Wildman–Crippen MR) is 151 cm³/mol. The molecule has 41 heavy (non-hydrogen) atoms. The molecule has 12 heteroatoms. The number of halogens is 1. The Morgan fingerprint density at radius 2 is 1.90 bits per heavy atom. The number of piperidine rings is 1. The van der Waals surface area contributed by atoms with Gasteiger partial charge in [0.05, 0.1) is 17.1 Å². The van der Waals surface area contributed by atoms with Crippen molar-refractivity contribution < 1.29 is 33.4 Å². The van der Waals surface area contributed by atoms with Gasteiger partial charge >= 0.3 is 5.97 Å². The smallest absolute Gasteiger partial charge is 0.310 e. The SMILES string of the molecule is CCO[C@@H]1OC(=O)CC1NC(=O)C1[C@H]2CCC(C2)N1C(=O)[C@@H](NC(=O)c1ccc(NC(=O)CC)c(Cl)c1)C(C)(C)C. The van der Waals surface area contributed by atoms with Crippen LogP contribution in [-0.4, -0.2) is 71.6 Å². The van der Waals surface area contributed by atoms with Gasteiger partial charge in [0.15, 0.2) is 0 Å². The summed E-state index contributed by atoms with van der Waals surface area (Å²) < 4.78 is 10.7. The first-order valence-corrected chi connectivity index (χ1v) is 14.6. The fourth-order valence-electron chi connectivity index (χ4n) is 5.89. The van der Waals surface area contributed by atoms with Crippen LogP contribution >= 0.6 is 11.6 Å². The Balaban J connectivity index is 1.52. The summed E-state index contributed by atoms with van der Waals surface area (Å²) in [5.74, 6) is -1.87. The van der Waals surface area contributed by atoms with Crippen molar-refractivity contribution in [2.45, 2.75) is 97.2 Å². The Morgan fingerprint density at radius 1 is 1.17 bits per heavy atom. The monoisotopic (exact) mass is 590 g/mol. The van der Waals surface area contributed by atoms with E-state index in [0.717, 1.165) is 12.8 Å². The summed E-state index contributed by atoms with van der Waals surface area (Å²) in [6.45, 7) is 9.36. The zero-order chi connectivity index (χ0) is 30.1. The van der Waals surface area contributed by atoms with Crippen LogP contribution in [0.25, 0.3) is 0 Å². The lowest BCUT2D eigenvalue weighted by atomic mass is 9.84. The van der Waals surface area contributed by atoms with Gasteiger partial charge in [-0.2, -0.15) is 0 Å². The number of nitrogens with one attached hydrogen (secondary N) is 3. The van der Waals surface area contributed by atoms with Crippen molar-refractivity contribution in [3.8, 4) is 0 Å². The molecule has 2 aliphatic heterocycles. The maximum absolute atomic E-state index is 14.1. The van der Waals surface area contributed by atoms with Crippen LogP contribution in [0.5, 0.6) is 0 Å². The number of ether oxygens (including phenoxy) is 2. The van der Waals surface area contributed by atoms with Gasteiger partial charge in [-0.3, -0.25) is 24.0 Å². The third-order valence-electron chi connectivity index (χ3n) is 7.94. The van der Waals surface area contributed by atoms with Crippen molar-refractivity contribution in [2.75, 3.05) is 11.9 Å². The van der Waals surface area contributed by atoms with E-state index in [1.54, 1.807) is 24.8 Å². The van der Waals surface area contributed by atoms with E-state index in [1.807, 2.05) is 20.8 Å². The van der Waals surface area contributed by atoms with Gasteiger partial charge in [-0.1, -0.05) is 39.3 Å². The molecule has 0 spiro atoms. The van der Waals surface area contributed by atoms with Gasteiger partial charge in [-0.15, -0.1) is 0 Å². The summed E-state index contributed by atoms with van der Waals surface area (Å²) >= 11 is 6.32. The molecule has 2 heterocycles.